The number of rotatable bonds is 9. The van der Waals surface area contributed by atoms with Crippen LogP contribution >= 0.6 is 0 Å². The fraction of sp³-hybridized carbons (Fsp3) is 0.222. The van der Waals surface area contributed by atoms with Gasteiger partial charge in [0, 0.05) is 37.6 Å². The van der Waals surface area contributed by atoms with Crippen LogP contribution in [0.25, 0.3) is 0 Å². The summed E-state index contributed by atoms with van der Waals surface area (Å²) in [6, 6.07) is 13.8. The number of likely N-dealkylation sites (N-methyl/N-ethyl adjacent to an activating group) is 1. The Kier molecular flexibility index (Phi) is 8.15. The summed E-state index contributed by atoms with van der Waals surface area (Å²) < 4.78 is 0. The number of hydrogen-bond donors (Lipinski definition) is 4. The van der Waals surface area contributed by atoms with E-state index in [9.17, 15) is 14.9 Å². The number of carboxylic acid groups (broad SMARTS) is 1. The number of carboxylic acids is 1. The molecule has 0 spiro atoms. The predicted molar refractivity (Wildman–Crippen MR) is 146 cm³/mol. The van der Waals surface area contributed by atoms with Crippen molar-refractivity contribution in [3.63, 3.8) is 0 Å². The molecule has 1 amide bonds. The van der Waals surface area contributed by atoms with Gasteiger partial charge < -0.3 is 30.9 Å². The van der Waals surface area contributed by atoms with Crippen molar-refractivity contribution in [2.75, 3.05) is 53.6 Å². The predicted octanol–water partition coefficient (Wildman–Crippen LogP) is 3.80. The largest absolute Gasteiger partial charge is 0.478 e. The van der Waals surface area contributed by atoms with Crippen LogP contribution in [0.1, 0.15) is 22.8 Å². The molecule has 11 nitrogen and oxygen atoms in total. The zero-order valence-corrected chi connectivity index (χ0v) is 20.9. The lowest BCUT2D eigenvalue weighted by molar-refractivity contribution is -0.111. The first-order valence-corrected chi connectivity index (χ1v) is 12.1. The van der Waals surface area contributed by atoms with Crippen LogP contribution in [0, 0.1) is 11.3 Å². The summed E-state index contributed by atoms with van der Waals surface area (Å²) in [5.41, 5.74) is 3.00. The maximum absolute atomic E-state index is 12.2. The van der Waals surface area contributed by atoms with E-state index in [1.165, 1.54) is 24.4 Å². The van der Waals surface area contributed by atoms with E-state index in [4.69, 9.17) is 5.11 Å². The van der Waals surface area contributed by atoms with E-state index in [-0.39, 0.29) is 28.8 Å². The average molecular weight is 513 g/mol. The summed E-state index contributed by atoms with van der Waals surface area (Å²) in [6.07, 6.45) is 2.58. The Morgan fingerprint density at radius 3 is 2.47 bits per heavy atom. The molecule has 1 saturated heterocycles. The number of hydrogen-bond acceptors (Lipinski definition) is 9. The first-order valence-electron chi connectivity index (χ1n) is 12.1. The Balaban J connectivity index is 1.59. The molecular weight excluding hydrogens is 484 g/mol. The van der Waals surface area contributed by atoms with E-state index >= 15 is 0 Å². The molecule has 4 rings (SSSR count). The zero-order chi connectivity index (χ0) is 27.1. The summed E-state index contributed by atoms with van der Waals surface area (Å²) in [5, 5.41) is 27.6. The monoisotopic (exact) mass is 512 g/mol. The van der Waals surface area contributed by atoms with Gasteiger partial charge in [-0.05, 0) is 55.1 Å². The Morgan fingerprint density at radius 2 is 1.84 bits per heavy atom. The molecule has 3 aromatic rings. The van der Waals surface area contributed by atoms with Gasteiger partial charge in [-0.25, -0.2) is 9.78 Å². The quantitative estimate of drug-likeness (QED) is 0.312. The van der Waals surface area contributed by atoms with Crippen LogP contribution in [0.3, 0.4) is 0 Å². The number of nitrogens with zero attached hydrogens (tertiary/aromatic N) is 5. The standard InChI is InChI=1S/C27H28N8O3/c1-3-24(36)31-23-15-21(35-13-11-34(4-2)12-14-35)9-10-22(23)32-27-29-17-19(16-28)25(33-27)30-20-7-5-18(6-8-20)26(37)38/h3,5-10,15,17H,1,4,11-14H2,2H3,(H,31,36)(H,37,38)(H2,29,30,32,33). The topological polar surface area (TPSA) is 147 Å². The van der Waals surface area contributed by atoms with Crippen molar-refractivity contribution in [1.82, 2.24) is 14.9 Å². The van der Waals surface area contributed by atoms with Crippen LogP contribution < -0.4 is 20.9 Å². The summed E-state index contributed by atoms with van der Waals surface area (Å²) in [5.74, 6) is -0.937. The highest BCUT2D eigenvalue weighted by Gasteiger charge is 2.18. The Morgan fingerprint density at radius 1 is 1.11 bits per heavy atom. The number of benzene rings is 2. The lowest BCUT2D eigenvalue weighted by Gasteiger charge is -2.35. The molecule has 0 atom stereocenters. The smallest absolute Gasteiger partial charge is 0.335 e. The van der Waals surface area contributed by atoms with Gasteiger partial charge in [0.25, 0.3) is 0 Å². The van der Waals surface area contributed by atoms with Gasteiger partial charge in [-0.1, -0.05) is 13.5 Å². The summed E-state index contributed by atoms with van der Waals surface area (Å²) >= 11 is 0. The lowest BCUT2D eigenvalue weighted by atomic mass is 10.2. The molecule has 2 heterocycles. The highest BCUT2D eigenvalue weighted by atomic mass is 16.4. The van der Waals surface area contributed by atoms with Gasteiger partial charge in [0.1, 0.15) is 11.6 Å². The van der Waals surface area contributed by atoms with E-state index in [2.05, 4.69) is 49.2 Å². The highest BCUT2D eigenvalue weighted by molar-refractivity contribution is 6.02. The van der Waals surface area contributed by atoms with Crippen molar-refractivity contribution in [3.05, 3.63) is 72.4 Å². The Labute approximate surface area is 220 Å². The number of carbonyl (C=O) groups excluding carboxylic acids is 1. The van der Waals surface area contributed by atoms with Crippen LogP contribution in [0.4, 0.5) is 34.5 Å². The minimum Gasteiger partial charge on any atom is -0.478 e. The minimum atomic E-state index is -1.03. The third-order valence-electron chi connectivity index (χ3n) is 6.18. The van der Waals surface area contributed by atoms with E-state index in [1.54, 1.807) is 12.1 Å². The molecule has 0 saturated carbocycles. The molecule has 194 valence electrons. The second-order valence-corrected chi connectivity index (χ2v) is 8.54. The van der Waals surface area contributed by atoms with Gasteiger partial charge >= 0.3 is 5.97 Å². The van der Waals surface area contributed by atoms with E-state index in [1.807, 2.05) is 24.3 Å². The molecule has 4 N–H and O–H groups in total. The first-order chi connectivity index (χ1) is 18.4. The fourth-order valence-electron chi connectivity index (χ4n) is 4.02. The number of aromatic carboxylic acids is 1. The van der Waals surface area contributed by atoms with Crippen molar-refractivity contribution in [2.24, 2.45) is 0 Å². The average Bonchev–Trinajstić information content (AvgIpc) is 2.94. The SMILES string of the molecule is C=CC(=O)Nc1cc(N2CCN(CC)CC2)ccc1Nc1ncc(C#N)c(Nc2ccc(C(=O)O)cc2)n1. The first kappa shape index (κ1) is 26.1. The third kappa shape index (κ3) is 6.24. The summed E-state index contributed by atoms with van der Waals surface area (Å²) in [7, 11) is 0. The maximum Gasteiger partial charge on any atom is 0.335 e. The molecule has 1 aromatic heterocycles. The second-order valence-electron chi connectivity index (χ2n) is 8.54. The molecule has 0 bridgehead atoms. The summed E-state index contributed by atoms with van der Waals surface area (Å²) in [4.78, 5) is 36.6. The van der Waals surface area contributed by atoms with Crippen LogP contribution in [0.2, 0.25) is 0 Å². The van der Waals surface area contributed by atoms with Crippen molar-refractivity contribution >= 4 is 46.4 Å². The van der Waals surface area contributed by atoms with Crippen molar-refractivity contribution in [3.8, 4) is 6.07 Å². The van der Waals surface area contributed by atoms with Crippen LogP contribution in [-0.4, -0.2) is 64.6 Å². The van der Waals surface area contributed by atoms with Crippen molar-refractivity contribution in [2.45, 2.75) is 6.92 Å². The molecule has 1 aliphatic rings. The number of amides is 1. The maximum atomic E-state index is 12.2. The number of anilines is 6. The Hall–Kier alpha value is -4.95. The van der Waals surface area contributed by atoms with Gasteiger partial charge in [0.2, 0.25) is 11.9 Å². The molecule has 1 fully saturated rings. The van der Waals surface area contributed by atoms with Crippen LogP contribution in [0.15, 0.2) is 61.3 Å². The van der Waals surface area contributed by atoms with Gasteiger partial charge in [0.15, 0.2) is 5.82 Å². The highest BCUT2D eigenvalue weighted by Crippen LogP contribution is 2.31. The Bertz CT molecular complexity index is 1380. The normalized spacial score (nSPS) is 13.3. The van der Waals surface area contributed by atoms with Crippen LogP contribution in [-0.2, 0) is 4.79 Å². The van der Waals surface area contributed by atoms with Gasteiger partial charge in [-0.2, -0.15) is 10.2 Å². The molecule has 0 radical (unpaired) electrons. The number of piperazine rings is 1. The molecule has 2 aromatic carbocycles. The molecule has 38 heavy (non-hydrogen) atoms. The second kappa shape index (κ2) is 11.9. The molecular formula is C27H28N8O3. The van der Waals surface area contributed by atoms with Gasteiger partial charge in [-0.3, -0.25) is 4.79 Å². The molecule has 0 aliphatic carbocycles. The minimum absolute atomic E-state index is 0.144. The van der Waals surface area contributed by atoms with Crippen molar-refractivity contribution in [1.29, 1.82) is 5.26 Å². The van der Waals surface area contributed by atoms with Crippen LogP contribution in [0.5, 0.6) is 0 Å². The number of aromatic nitrogens is 2. The summed E-state index contributed by atoms with van der Waals surface area (Å²) in [6.45, 7) is 10.4. The number of carbonyl (C=O) groups is 2. The third-order valence-corrected chi connectivity index (χ3v) is 6.18. The fourth-order valence-corrected chi connectivity index (χ4v) is 4.02. The van der Waals surface area contributed by atoms with Gasteiger partial charge in [-0.15, -0.1) is 0 Å². The number of nitriles is 1. The number of nitrogens with one attached hydrogen (secondary N) is 3. The van der Waals surface area contributed by atoms with Gasteiger partial charge in [0.05, 0.1) is 23.1 Å². The lowest BCUT2D eigenvalue weighted by Crippen LogP contribution is -2.46. The zero-order valence-electron chi connectivity index (χ0n) is 20.9. The van der Waals surface area contributed by atoms with E-state index in [0.29, 0.717) is 17.1 Å². The molecule has 1 aliphatic heterocycles. The molecule has 0 unspecified atom stereocenters. The molecule has 11 heteroatoms. The van der Waals surface area contributed by atoms with Crippen molar-refractivity contribution < 1.29 is 14.7 Å². The van der Waals surface area contributed by atoms with E-state index in [0.717, 1.165) is 38.4 Å². The van der Waals surface area contributed by atoms with E-state index < -0.39 is 5.97 Å².